The van der Waals surface area contributed by atoms with E-state index in [0.29, 0.717) is 58.4 Å². The van der Waals surface area contributed by atoms with Crippen LogP contribution in [0.25, 0.3) is 0 Å². The van der Waals surface area contributed by atoms with Crippen molar-refractivity contribution in [2.45, 2.75) is 37.9 Å². The Labute approximate surface area is 118 Å². The SMILES string of the molecule is O=C(O)C1CCC(C(=O)N2CCC3(CC2)OCCO3)C1. The van der Waals surface area contributed by atoms with E-state index in [1.54, 1.807) is 0 Å². The number of carboxylic acids is 1. The molecule has 3 aliphatic rings. The number of rotatable bonds is 2. The number of hydrogen-bond donors (Lipinski definition) is 1. The van der Waals surface area contributed by atoms with Crippen molar-refractivity contribution >= 4 is 11.9 Å². The number of carbonyl (C=O) groups excluding carboxylic acids is 1. The van der Waals surface area contributed by atoms with Crippen LogP contribution in [0.2, 0.25) is 0 Å². The maximum absolute atomic E-state index is 12.4. The molecule has 3 fully saturated rings. The van der Waals surface area contributed by atoms with Gasteiger partial charge in [0, 0.05) is 31.8 Å². The summed E-state index contributed by atoms with van der Waals surface area (Å²) in [5, 5.41) is 9.00. The fourth-order valence-corrected chi connectivity index (χ4v) is 3.54. The third-order valence-corrected chi connectivity index (χ3v) is 4.78. The molecule has 0 radical (unpaired) electrons. The first kappa shape index (κ1) is 13.8. The first-order valence-electron chi connectivity index (χ1n) is 7.39. The Hall–Kier alpha value is -1.14. The highest BCUT2D eigenvalue weighted by atomic mass is 16.7. The van der Waals surface area contributed by atoms with Crippen molar-refractivity contribution in [2.75, 3.05) is 26.3 Å². The number of nitrogens with zero attached hydrogens (tertiary/aromatic N) is 1. The van der Waals surface area contributed by atoms with Crippen LogP contribution in [0.15, 0.2) is 0 Å². The normalized spacial score (nSPS) is 32.7. The van der Waals surface area contributed by atoms with Gasteiger partial charge in [-0.3, -0.25) is 9.59 Å². The number of aliphatic carboxylic acids is 1. The Bertz CT molecular complexity index is 394. The highest BCUT2D eigenvalue weighted by Crippen LogP contribution is 2.35. The lowest BCUT2D eigenvalue weighted by Gasteiger charge is -2.38. The number of carbonyl (C=O) groups is 2. The van der Waals surface area contributed by atoms with Gasteiger partial charge in [0.05, 0.1) is 19.1 Å². The molecule has 0 bridgehead atoms. The van der Waals surface area contributed by atoms with Crippen molar-refractivity contribution in [2.24, 2.45) is 11.8 Å². The van der Waals surface area contributed by atoms with Gasteiger partial charge in [-0.05, 0) is 19.3 Å². The van der Waals surface area contributed by atoms with Gasteiger partial charge in [0.25, 0.3) is 0 Å². The summed E-state index contributed by atoms with van der Waals surface area (Å²) in [7, 11) is 0. The van der Waals surface area contributed by atoms with E-state index in [1.165, 1.54) is 0 Å². The summed E-state index contributed by atoms with van der Waals surface area (Å²) in [6, 6.07) is 0. The Balaban J connectivity index is 1.53. The molecule has 2 aliphatic heterocycles. The monoisotopic (exact) mass is 283 g/mol. The summed E-state index contributed by atoms with van der Waals surface area (Å²) in [6.45, 7) is 2.56. The lowest BCUT2D eigenvalue weighted by Crippen LogP contribution is -2.48. The minimum Gasteiger partial charge on any atom is -0.481 e. The second-order valence-corrected chi connectivity index (χ2v) is 5.98. The summed E-state index contributed by atoms with van der Waals surface area (Å²) >= 11 is 0. The molecule has 2 saturated heterocycles. The van der Waals surface area contributed by atoms with Crippen molar-refractivity contribution in [3.63, 3.8) is 0 Å². The lowest BCUT2D eigenvalue weighted by atomic mass is 9.99. The molecule has 20 heavy (non-hydrogen) atoms. The molecular weight excluding hydrogens is 262 g/mol. The summed E-state index contributed by atoms with van der Waals surface area (Å²) in [6.07, 6.45) is 3.24. The third-order valence-electron chi connectivity index (χ3n) is 4.78. The van der Waals surface area contributed by atoms with Crippen LogP contribution >= 0.6 is 0 Å². The summed E-state index contributed by atoms with van der Waals surface area (Å²) < 4.78 is 11.3. The first-order valence-corrected chi connectivity index (χ1v) is 7.39. The van der Waals surface area contributed by atoms with Crippen LogP contribution in [0.1, 0.15) is 32.1 Å². The molecule has 2 atom stereocenters. The molecule has 1 amide bonds. The third kappa shape index (κ3) is 2.54. The van der Waals surface area contributed by atoms with Crippen LogP contribution in [0.5, 0.6) is 0 Å². The van der Waals surface area contributed by atoms with E-state index in [4.69, 9.17) is 14.6 Å². The highest BCUT2D eigenvalue weighted by Gasteiger charge is 2.43. The molecule has 0 aromatic heterocycles. The number of amides is 1. The second-order valence-electron chi connectivity index (χ2n) is 5.98. The van der Waals surface area contributed by atoms with Gasteiger partial charge >= 0.3 is 5.97 Å². The largest absolute Gasteiger partial charge is 0.481 e. The van der Waals surface area contributed by atoms with Gasteiger partial charge in [0.15, 0.2) is 5.79 Å². The predicted octanol–water partition coefficient (Wildman–Crippen LogP) is 0.853. The van der Waals surface area contributed by atoms with Gasteiger partial charge in [0.1, 0.15) is 0 Å². The topological polar surface area (TPSA) is 76.1 Å². The standard InChI is InChI=1S/C14H21NO5/c16-12(10-1-2-11(9-10)13(17)18)15-5-3-14(4-6-15)19-7-8-20-14/h10-11H,1-9H2,(H,17,18). The predicted molar refractivity (Wildman–Crippen MR) is 68.9 cm³/mol. The van der Waals surface area contributed by atoms with Gasteiger partial charge in [-0.15, -0.1) is 0 Å². The van der Waals surface area contributed by atoms with Gasteiger partial charge in [-0.25, -0.2) is 0 Å². The Morgan fingerprint density at radius 3 is 2.20 bits per heavy atom. The van der Waals surface area contributed by atoms with Gasteiger partial charge in [-0.1, -0.05) is 0 Å². The minimum atomic E-state index is -0.773. The molecule has 1 aliphatic carbocycles. The van der Waals surface area contributed by atoms with E-state index < -0.39 is 11.8 Å². The Morgan fingerprint density at radius 2 is 1.65 bits per heavy atom. The van der Waals surface area contributed by atoms with E-state index in [1.807, 2.05) is 4.90 Å². The Kier molecular flexibility index (Phi) is 3.69. The zero-order valence-electron chi connectivity index (χ0n) is 11.5. The van der Waals surface area contributed by atoms with E-state index in [0.717, 1.165) is 0 Å². The van der Waals surface area contributed by atoms with E-state index in [2.05, 4.69) is 0 Å². The molecule has 1 N–H and O–H groups in total. The summed E-state index contributed by atoms with van der Waals surface area (Å²) in [4.78, 5) is 25.2. The van der Waals surface area contributed by atoms with Gasteiger partial charge < -0.3 is 19.5 Å². The van der Waals surface area contributed by atoms with E-state index in [9.17, 15) is 9.59 Å². The van der Waals surface area contributed by atoms with Crippen molar-refractivity contribution < 1.29 is 24.2 Å². The van der Waals surface area contributed by atoms with Crippen molar-refractivity contribution in [1.29, 1.82) is 0 Å². The number of piperidine rings is 1. The maximum atomic E-state index is 12.4. The quantitative estimate of drug-likeness (QED) is 0.813. The lowest BCUT2D eigenvalue weighted by molar-refractivity contribution is -0.188. The van der Waals surface area contributed by atoms with Crippen LogP contribution in [-0.4, -0.2) is 54.0 Å². The van der Waals surface area contributed by atoms with E-state index >= 15 is 0 Å². The van der Waals surface area contributed by atoms with E-state index in [-0.39, 0.29) is 17.7 Å². The minimum absolute atomic E-state index is 0.113. The van der Waals surface area contributed by atoms with Crippen LogP contribution < -0.4 is 0 Å². The van der Waals surface area contributed by atoms with Gasteiger partial charge in [-0.2, -0.15) is 0 Å². The molecule has 0 aromatic rings. The summed E-state index contributed by atoms with van der Waals surface area (Å²) in [5.41, 5.74) is 0. The van der Waals surface area contributed by atoms with Crippen LogP contribution in [0, 0.1) is 11.8 Å². The number of ether oxygens (including phenoxy) is 2. The molecule has 6 heteroatoms. The van der Waals surface area contributed by atoms with Crippen LogP contribution in [0.4, 0.5) is 0 Å². The molecule has 1 spiro atoms. The molecule has 0 aromatic carbocycles. The average molecular weight is 283 g/mol. The van der Waals surface area contributed by atoms with Crippen molar-refractivity contribution in [3.05, 3.63) is 0 Å². The zero-order valence-corrected chi connectivity index (χ0v) is 11.5. The van der Waals surface area contributed by atoms with Crippen molar-refractivity contribution in [3.8, 4) is 0 Å². The molecule has 3 rings (SSSR count). The fourth-order valence-electron chi connectivity index (χ4n) is 3.54. The number of carboxylic acid groups (broad SMARTS) is 1. The highest BCUT2D eigenvalue weighted by molar-refractivity contribution is 5.81. The van der Waals surface area contributed by atoms with Crippen molar-refractivity contribution in [1.82, 2.24) is 4.90 Å². The molecule has 2 unspecified atom stereocenters. The Morgan fingerprint density at radius 1 is 1.05 bits per heavy atom. The summed E-state index contributed by atoms with van der Waals surface area (Å²) in [5.74, 6) is -1.58. The number of likely N-dealkylation sites (tertiary alicyclic amines) is 1. The molecule has 2 heterocycles. The van der Waals surface area contributed by atoms with Gasteiger partial charge in [0.2, 0.25) is 5.91 Å². The number of hydrogen-bond acceptors (Lipinski definition) is 4. The fraction of sp³-hybridized carbons (Fsp3) is 0.857. The smallest absolute Gasteiger partial charge is 0.306 e. The molecule has 6 nitrogen and oxygen atoms in total. The maximum Gasteiger partial charge on any atom is 0.306 e. The first-order chi connectivity index (χ1) is 9.60. The second kappa shape index (κ2) is 5.33. The van der Waals surface area contributed by atoms with Crippen LogP contribution in [-0.2, 0) is 19.1 Å². The van der Waals surface area contributed by atoms with Crippen LogP contribution in [0.3, 0.4) is 0 Å². The molecule has 1 saturated carbocycles. The molecule has 112 valence electrons. The molecular formula is C14H21NO5. The average Bonchev–Trinajstić information content (AvgIpc) is 3.08. The zero-order chi connectivity index (χ0) is 14.2.